The van der Waals surface area contributed by atoms with Gasteiger partial charge in [0.15, 0.2) is 5.43 Å². The maximum atomic E-state index is 12.3. The van der Waals surface area contributed by atoms with E-state index in [4.69, 9.17) is 20.8 Å². The minimum absolute atomic E-state index is 0.0104. The monoisotopic (exact) mass is 411 g/mol. The predicted molar refractivity (Wildman–Crippen MR) is 109 cm³/mol. The number of thiazole rings is 1. The van der Waals surface area contributed by atoms with Gasteiger partial charge in [-0.1, -0.05) is 41.4 Å². The molecule has 0 radical (unpaired) electrons. The first-order valence-electron chi connectivity index (χ1n) is 8.41. The molecule has 2 aromatic heterocycles. The topological polar surface area (TPSA) is 69.4 Å². The standard InChI is InChI=1S/C21H14ClNO4S/c1-12-2-4-13(5-3-12)20-23-15(11-28-20)10-26-21(25)19-9-17(24)16-8-14(22)6-7-18(16)27-19/h2-9,11H,10H2,1H3. The molecule has 0 aliphatic rings. The summed E-state index contributed by atoms with van der Waals surface area (Å²) in [6, 6.07) is 13.8. The van der Waals surface area contributed by atoms with E-state index in [1.54, 1.807) is 12.1 Å². The van der Waals surface area contributed by atoms with Crippen molar-refractivity contribution in [2.24, 2.45) is 0 Å². The molecule has 28 heavy (non-hydrogen) atoms. The van der Waals surface area contributed by atoms with Gasteiger partial charge in [0.25, 0.3) is 0 Å². The van der Waals surface area contributed by atoms with Crippen molar-refractivity contribution in [3.05, 3.63) is 86.2 Å². The van der Waals surface area contributed by atoms with Crippen molar-refractivity contribution in [3.63, 3.8) is 0 Å². The Hall–Kier alpha value is -2.96. The summed E-state index contributed by atoms with van der Waals surface area (Å²) in [7, 11) is 0. The first kappa shape index (κ1) is 18.4. The number of esters is 1. The fraction of sp³-hybridized carbons (Fsp3) is 0.0952. The molecule has 0 aliphatic carbocycles. The lowest BCUT2D eigenvalue weighted by atomic mass is 10.2. The Balaban J connectivity index is 1.49. The molecule has 2 aromatic carbocycles. The lowest BCUT2D eigenvalue weighted by Crippen LogP contribution is -2.10. The smallest absolute Gasteiger partial charge is 0.374 e. The number of benzene rings is 2. The first-order valence-corrected chi connectivity index (χ1v) is 9.67. The summed E-state index contributed by atoms with van der Waals surface area (Å²) < 4.78 is 10.7. The van der Waals surface area contributed by atoms with Crippen LogP contribution in [0.2, 0.25) is 5.02 Å². The lowest BCUT2D eigenvalue weighted by Gasteiger charge is -2.04. The van der Waals surface area contributed by atoms with Gasteiger partial charge in [-0.25, -0.2) is 9.78 Å². The molecule has 0 fully saturated rings. The van der Waals surface area contributed by atoms with Crippen molar-refractivity contribution in [3.8, 4) is 10.6 Å². The predicted octanol–water partition coefficient (Wildman–Crippen LogP) is 5.24. The number of halogens is 1. The molecule has 4 aromatic rings. The Morgan fingerprint density at radius 3 is 2.75 bits per heavy atom. The zero-order valence-electron chi connectivity index (χ0n) is 14.8. The number of hydrogen-bond donors (Lipinski definition) is 0. The zero-order valence-corrected chi connectivity index (χ0v) is 16.3. The molecule has 0 atom stereocenters. The fourth-order valence-electron chi connectivity index (χ4n) is 2.64. The first-order chi connectivity index (χ1) is 13.5. The number of hydrogen-bond acceptors (Lipinski definition) is 6. The van der Waals surface area contributed by atoms with Gasteiger partial charge >= 0.3 is 5.97 Å². The van der Waals surface area contributed by atoms with E-state index in [1.807, 2.05) is 36.6 Å². The molecular formula is C21H14ClNO4S. The van der Waals surface area contributed by atoms with Gasteiger partial charge in [-0.2, -0.15) is 0 Å². The van der Waals surface area contributed by atoms with Gasteiger partial charge in [-0.05, 0) is 25.1 Å². The highest BCUT2D eigenvalue weighted by Crippen LogP contribution is 2.24. The van der Waals surface area contributed by atoms with Gasteiger partial charge in [0.05, 0.1) is 11.1 Å². The number of aryl methyl sites for hydroxylation is 1. The highest BCUT2D eigenvalue weighted by molar-refractivity contribution is 7.13. The van der Waals surface area contributed by atoms with Crippen LogP contribution in [0.15, 0.2) is 63.1 Å². The van der Waals surface area contributed by atoms with Crippen molar-refractivity contribution in [1.82, 2.24) is 4.98 Å². The highest BCUT2D eigenvalue weighted by Gasteiger charge is 2.15. The molecule has 140 valence electrons. The third kappa shape index (κ3) is 3.83. The molecule has 0 spiro atoms. The number of aromatic nitrogens is 1. The summed E-state index contributed by atoms with van der Waals surface area (Å²) in [6.45, 7) is 2.01. The summed E-state index contributed by atoms with van der Waals surface area (Å²) in [6.07, 6.45) is 0. The average molecular weight is 412 g/mol. The molecule has 0 unspecified atom stereocenters. The van der Waals surface area contributed by atoms with Crippen LogP contribution in [0.3, 0.4) is 0 Å². The second-order valence-electron chi connectivity index (χ2n) is 6.20. The molecule has 0 aliphatic heterocycles. The van der Waals surface area contributed by atoms with Gasteiger partial charge in [-0.15, -0.1) is 11.3 Å². The van der Waals surface area contributed by atoms with Crippen molar-refractivity contribution in [2.75, 3.05) is 0 Å². The van der Waals surface area contributed by atoms with Crippen LogP contribution in [-0.2, 0) is 11.3 Å². The molecule has 7 heteroatoms. The molecule has 0 bridgehead atoms. The van der Waals surface area contributed by atoms with E-state index < -0.39 is 5.97 Å². The Bertz CT molecular complexity index is 1230. The van der Waals surface area contributed by atoms with E-state index in [0.717, 1.165) is 16.6 Å². The van der Waals surface area contributed by atoms with Crippen molar-refractivity contribution < 1.29 is 13.9 Å². The highest BCUT2D eigenvalue weighted by atomic mass is 35.5. The molecular weight excluding hydrogens is 398 g/mol. The number of ether oxygens (including phenoxy) is 1. The fourth-order valence-corrected chi connectivity index (χ4v) is 3.62. The largest absolute Gasteiger partial charge is 0.453 e. The second-order valence-corrected chi connectivity index (χ2v) is 7.50. The SMILES string of the molecule is Cc1ccc(-c2nc(COC(=O)c3cc(=O)c4cc(Cl)ccc4o3)cs2)cc1. The van der Waals surface area contributed by atoms with Crippen LogP contribution >= 0.6 is 22.9 Å². The number of carbonyl (C=O) groups is 1. The number of nitrogens with zero attached hydrogens (tertiary/aromatic N) is 1. The van der Waals surface area contributed by atoms with E-state index in [9.17, 15) is 9.59 Å². The van der Waals surface area contributed by atoms with E-state index in [-0.39, 0.29) is 23.4 Å². The lowest BCUT2D eigenvalue weighted by molar-refractivity contribution is 0.0432. The van der Waals surface area contributed by atoms with E-state index >= 15 is 0 Å². The summed E-state index contributed by atoms with van der Waals surface area (Å²) in [5, 5.41) is 3.41. The van der Waals surface area contributed by atoms with E-state index in [2.05, 4.69) is 4.98 Å². The van der Waals surface area contributed by atoms with Crippen LogP contribution in [0.4, 0.5) is 0 Å². The van der Waals surface area contributed by atoms with Crippen LogP contribution in [0.25, 0.3) is 21.5 Å². The minimum Gasteiger partial charge on any atom is -0.453 e. The Morgan fingerprint density at radius 2 is 1.96 bits per heavy atom. The van der Waals surface area contributed by atoms with Crippen LogP contribution < -0.4 is 5.43 Å². The molecule has 0 amide bonds. The van der Waals surface area contributed by atoms with Gasteiger partial charge in [-0.3, -0.25) is 4.79 Å². The van der Waals surface area contributed by atoms with Crippen LogP contribution in [0, 0.1) is 6.92 Å². The summed E-state index contributed by atoms with van der Waals surface area (Å²) in [4.78, 5) is 29.0. The van der Waals surface area contributed by atoms with Crippen molar-refractivity contribution >= 4 is 39.9 Å². The molecule has 2 heterocycles. The van der Waals surface area contributed by atoms with Crippen LogP contribution in [0.5, 0.6) is 0 Å². The Morgan fingerprint density at radius 1 is 1.18 bits per heavy atom. The number of carbonyl (C=O) groups excluding carboxylic acids is 1. The van der Waals surface area contributed by atoms with Gasteiger partial charge in [0, 0.05) is 22.0 Å². The normalized spacial score (nSPS) is 10.9. The molecule has 0 saturated carbocycles. The quantitative estimate of drug-likeness (QED) is 0.430. The molecule has 4 rings (SSSR count). The van der Waals surface area contributed by atoms with Gasteiger partial charge in [0.2, 0.25) is 5.76 Å². The maximum absolute atomic E-state index is 12.3. The van der Waals surface area contributed by atoms with Crippen molar-refractivity contribution in [2.45, 2.75) is 13.5 Å². The van der Waals surface area contributed by atoms with Crippen molar-refractivity contribution in [1.29, 1.82) is 0 Å². The molecule has 0 N–H and O–H groups in total. The van der Waals surface area contributed by atoms with E-state index in [0.29, 0.717) is 16.1 Å². The third-order valence-electron chi connectivity index (χ3n) is 4.09. The minimum atomic E-state index is -0.723. The van der Waals surface area contributed by atoms with Gasteiger partial charge < -0.3 is 9.15 Å². The Kier molecular flexibility index (Phi) is 4.98. The average Bonchev–Trinajstić information content (AvgIpc) is 3.16. The zero-order chi connectivity index (χ0) is 19.7. The summed E-state index contributed by atoms with van der Waals surface area (Å²) in [5.41, 5.74) is 2.73. The summed E-state index contributed by atoms with van der Waals surface area (Å²) in [5.74, 6) is -0.882. The van der Waals surface area contributed by atoms with E-state index in [1.165, 1.54) is 23.0 Å². The van der Waals surface area contributed by atoms with Crippen LogP contribution in [0.1, 0.15) is 21.8 Å². The number of fused-ring (bicyclic) bond motifs is 1. The number of rotatable bonds is 4. The third-order valence-corrected chi connectivity index (χ3v) is 5.27. The summed E-state index contributed by atoms with van der Waals surface area (Å²) >= 11 is 7.36. The Labute approximate surface area is 169 Å². The maximum Gasteiger partial charge on any atom is 0.374 e. The molecule has 5 nitrogen and oxygen atoms in total. The van der Waals surface area contributed by atoms with Gasteiger partial charge in [0.1, 0.15) is 17.2 Å². The molecule has 0 saturated heterocycles. The second kappa shape index (κ2) is 7.58. The van der Waals surface area contributed by atoms with Crippen LogP contribution in [-0.4, -0.2) is 11.0 Å².